The minimum atomic E-state index is 0.230. The zero-order valence-corrected chi connectivity index (χ0v) is 14.7. The molecule has 3 heterocycles. The molecular formula is C19H26N2OS. The maximum atomic E-state index is 12.2. The van der Waals surface area contributed by atoms with Crippen molar-refractivity contribution in [2.45, 2.75) is 31.8 Å². The Kier molecular flexibility index (Phi) is 4.37. The van der Waals surface area contributed by atoms with E-state index in [0.29, 0.717) is 11.8 Å². The van der Waals surface area contributed by atoms with Gasteiger partial charge in [-0.3, -0.25) is 9.69 Å². The van der Waals surface area contributed by atoms with Gasteiger partial charge in [-0.1, -0.05) is 30.3 Å². The molecule has 3 saturated heterocycles. The van der Waals surface area contributed by atoms with Gasteiger partial charge in [0.2, 0.25) is 5.91 Å². The Morgan fingerprint density at radius 2 is 1.83 bits per heavy atom. The fraction of sp³-hybridized carbons (Fsp3) is 0.632. The van der Waals surface area contributed by atoms with Gasteiger partial charge in [0.05, 0.1) is 6.04 Å². The number of nitrogens with zero attached hydrogens (tertiary/aromatic N) is 2. The third-order valence-electron chi connectivity index (χ3n) is 5.95. The predicted octanol–water partition coefficient (Wildman–Crippen LogP) is 3.03. The van der Waals surface area contributed by atoms with Crippen LogP contribution in [-0.4, -0.2) is 52.9 Å². The molecule has 0 aromatic heterocycles. The number of likely N-dealkylation sites (tertiary alicyclic amines) is 2. The fourth-order valence-corrected chi connectivity index (χ4v) is 5.91. The first-order valence-electron chi connectivity index (χ1n) is 8.88. The molecule has 3 atom stereocenters. The van der Waals surface area contributed by atoms with E-state index in [-0.39, 0.29) is 11.9 Å². The second kappa shape index (κ2) is 6.48. The summed E-state index contributed by atoms with van der Waals surface area (Å²) in [5.41, 5.74) is 1.32. The largest absolute Gasteiger partial charge is 0.335 e. The summed E-state index contributed by atoms with van der Waals surface area (Å²) in [6, 6.07) is 11.7. The molecule has 0 spiro atoms. The molecule has 0 N–H and O–H groups in total. The SMILES string of the molecule is CC(=O)N1C[C@H]2CN(C3CCSCC3)C[C@H]2[C@H]1c1ccccc1. The van der Waals surface area contributed by atoms with Crippen LogP contribution < -0.4 is 0 Å². The molecule has 3 aliphatic heterocycles. The number of hydrogen-bond donors (Lipinski definition) is 0. The summed E-state index contributed by atoms with van der Waals surface area (Å²) in [6.07, 6.45) is 2.69. The number of carbonyl (C=O) groups excluding carboxylic acids is 1. The number of fused-ring (bicyclic) bond motifs is 1. The highest BCUT2D eigenvalue weighted by Crippen LogP contribution is 2.46. The summed E-state index contributed by atoms with van der Waals surface area (Å²) in [5, 5.41) is 0. The zero-order valence-electron chi connectivity index (χ0n) is 13.9. The lowest BCUT2D eigenvalue weighted by molar-refractivity contribution is -0.130. The van der Waals surface area contributed by atoms with Crippen LogP contribution in [0.25, 0.3) is 0 Å². The average molecular weight is 330 g/mol. The smallest absolute Gasteiger partial charge is 0.219 e. The molecule has 4 rings (SSSR count). The maximum absolute atomic E-state index is 12.2. The van der Waals surface area contributed by atoms with Crippen LogP contribution in [0.5, 0.6) is 0 Å². The van der Waals surface area contributed by atoms with Gasteiger partial charge in [-0.15, -0.1) is 0 Å². The lowest BCUT2D eigenvalue weighted by Gasteiger charge is -2.34. The highest BCUT2D eigenvalue weighted by Gasteiger charge is 2.49. The lowest BCUT2D eigenvalue weighted by Crippen LogP contribution is -2.40. The first kappa shape index (κ1) is 15.5. The number of thioether (sulfide) groups is 1. The quantitative estimate of drug-likeness (QED) is 0.833. The van der Waals surface area contributed by atoms with Gasteiger partial charge in [0.15, 0.2) is 0 Å². The number of amides is 1. The molecule has 0 bridgehead atoms. The van der Waals surface area contributed by atoms with E-state index in [9.17, 15) is 4.79 Å². The van der Waals surface area contributed by atoms with Gasteiger partial charge in [-0.05, 0) is 35.8 Å². The molecular weight excluding hydrogens is 304 g/mol. The van der Waals surface area contributed by atoms with Gasteiger partial charge in [-0.25, -0.2) is 0 Å². The Labute approximate surface area is 143 Å². The van der Waals surface area contributed by atoms with E-state index in [0.717, 1.165) is 12.6 Å². The van der Waals surface area contributed by atoms with Crippen LogP contribution in [0.15, 0.2) is 30.3 Å². The minimum absolute atomic E-state index is 0.230. The summed E-state index contributed by atoms with van der Waals surface area (Å²) < 4.78 is 0. The number of hydrogen-bond acceptors (Lipinski definition) is 3. The van der Waals surface area contributed by atoms with Crippen LogP contribution in [-0.2, 0) is 4.79 Å². The molecule has 3 fully saturated rings. The molecule has 0 radical (unpaired) electrons. The standard InChI is InChI=1S/C19H26N2OS/c1-14(22)21-12-16-11-20(17-7-9-23-10-8-17)13-18(16)19(21)15-5-3-2-4-6-15/h2-6,16-19H,7-13H2,1H3/t16-,18-,19-/m1/s1. The highest BCUT2D eigenvalue weighted by atomic mass is 32.2. The molecule has 0 unspecified atom stereocenters. The van der Waals surface area contributed by atoms with Gasteiger partial charge >= 0.3 is 0 Å². The van der Waals surface area contributed by atoms with E-state index in [1.807, 2.05) is 0 Å². The average Bonchev–Trinajstić information content (AvgIpc) is 3.14. The topological polar surface area (TPSA) is 23.6 Å². The van der Waals surface area contributed by atoms with Gasteiger partial charge < -0.3 is 4.90 Å². The van der Waals surface area contributed by atoms with Crippen molar-refractivity contribution in [1.82, 2.24) is 9.80 Å². The number of benzene rings is 1. The van der Waals surface area contributed by atoms with Crippen molar-refractivity contribution < 1.29 is 4.79 Å². The minimum Gasteiger partial charge on any atom is -0.335 e. The van der Waals surface area contributed by atoms with Crippen LogP contribution >= 0.6 is 11.8 Å². The van der Waals surface area contributed by atoms with Crippen LogP contribution in [0.3, 0.4) is 0 Å². The first-order chi connectivity index (χ1) is 11.2. The summed E-state index contributed by atoms with van der Waals surface area (Å²) in [7, 11) is 0. The Hall–Kier alpha value is -1.00. The van der Waals surface area contributed by atoms with Crippen molar-refractivity contribution in [2.75, 3.05) is 31.1 Å². The van der Waals surface area contributed by atoms with Gasteiger partial charge in [0.1, 0.15) is 0 Å². The summed E-state index contributed by atoms with van der Waals surface area (Å²) in [4.78, 5) is 17.0. The molecule has 3 aliphatic rings. The van der Waals surface area contributed by atoms with Gasteiger partial charge in [0, 0.05) is 38.5 Å². The van der Waals surface area contributed by atoms with E-state index in [4.69, 9.17) is 0 Å². The van der Waals surface area contributed by atoms with E-state index in [1.54, 1.807) is 6.92 Å². The van der Waals surface area contributed by atoms with Crippen molar-refractivity contribution in [1.29, 1.82) is 0 Å². The maximum Gasteiger partial charge on any atom is 0.219 e. The summed E-state index contributed by atoms with van der Waals surface area (Å²) in [6.45, 7) is 5.03. The zero-order chi connectivity index (χ0) is 15.8. The van der Waals surface area contributed by atoms with Gasteiger partial charge in [0.25, 0.3) is 0 Å². The molecule has 4 heteroatoms. The Morgan fingerprint density at radius 3 is 2.52 bits per heavy atom. The molecule has 3 nitrogen and oxygen atoms in total. The normalized spacial score (nSPS) is 32.2. The Bertz CT molecular complexity index is 558. The molecule has 0 aliphatic carbocycles. The molecule has 124 valence electrons. The van der Waals surface area contributed by atoms with Crippen LogP contribution in [0.2, 0.25) is 0 Å². The highest BCUT2D eigenvalue weighted by molar-refractivity contribution is 7.99. The Morgan fingerprint density at radius 1 is 1.09 bits per heavy atom. The van der Waals surface area contributed by atoms with E-state index < -0.39 is 0 Å². The Balaban J connectivity index is 1.55. The van der Waals surface area contributed by atoms with Crippen molar-refractivity contribution in [3.05, 3.63) is 35.9 Å². The predicted molar refractivity (Wildman–Crippen MR) is 95.5 cm³/mol. The number of rotatable bonds is 2. The molecule has 0 saturated carbocycles. The third kappa shape index (κ3) is 2.91. The van der Waals surface area contributed by atoms with Crippen molar-refractivity contribution in [3.8, 4) is 0 Å². The van der Waals surface area contributed by atoms with E-state index >= 15 is 0 Å². The van der Waals surface area contributed by atoms with Crippen LogP contribution in [0, 0.1) is 11.8 Å². The number of carbonyl (C=O) groups is 1. The summed E-state index contributed by atoms with van der Waals surface area (Å²) in [5.74, 6) is 4.12. The molecule has 1 aromatic carbocycles. The van der Waals surface area contributed by atoms with Crippen molar-refractivity contribution >= 4 is 17.7 Å². The van der Waals surface area contributed by atoms with E-state index in [1.165, 1.54) is 43.0 Å². The second-order valence-electron chi connectivity index (χ2n) is 7.25. The molecule has 1 amide bonds. The molecule has 23 heavy (non-hydrogen) atoms. The van der Waals surface area contributed by atoms with Crippen molar-refractivity contribution in [3.63, 3.8) is 0 Å². The summed E-state index contributed by atoms with van der Waals surface area (Å²) >= 11 is 2.10. The lowest BCUT2D eigenvalue weighted by atomic mass is 9.89. The van der Waals surface area contributed by atoms with Crippen LogP contribution in [0.1, 0.15) is 31.4 Å². The van der Waals surface area contributed by atoms with Gasteiger partial charge in [-0.2, -0.15) is 11.8 Å². The fourth-order valence-electron chi connectivity index (χ4n) is 4.83. The van der Waals surface area contributed by atoms with Crippen molar-refractivity contribution in [2.24, 2.45) is 11.8 Å². The second-order valence-corrected chi connectivity index (χ2v) is 8.47. The first-order valence-corrected chi connectivity index (χ1v) is 10.0. The third-order valence-corrected chi connectivity index (χ3v) is 6.99. The monoisotopic (exact) mass is 330 g/mol. The van der Waals surface area contributed by atoms with Crippen LogP contribution in [0.4, 0.5) is 0 Å². The van der Waals surface area contributed by atoms with E-state index in [2.05, 4.69) is 51.9 Å². The molecule has 1 aromatic rings.